The van der Waals surface area contributed by atoms with E-state index in [4.69, 9.17) is 4.52 Å². The minimum absolute atomic E-state index is 0.0439. The summed E-state index contributed by atoms with van der Waals surface area (Å²) in [4.78, 5) is 23.0. The molecule has 0 radical (unpaired) electrons. The maximum Gasteiger partial charge on any atom is 0.315 e. The van der Waals surface area contributed by atoms with Gasteiger partial charge >= 0.3 is 11.8 Å². The molecular formula is C12H9F2N3O3. The number of nitrogens with one attached hydrogen (secondary N) is 2. The average molecular weight is 281 g/mol. The number of hydrogen-bond acceptors (Lipinski definition) is 4. The van der Waals surface area contributed by atoms with Crippen LogP contribution in [-0.2, 0) is 9.59 Å². The molecule has 8 heteroatoms. The van der Waals surface area contributed by atoms with Crippen LogP contribution in [0.25, 0.3) is 0 Å². The SMILES string of the molecule is Cc1cc(NC(=O)C(=O)Nc2cc(F)ccc2F)no1. The van der Waals surface area contributed by atoms with Gasteiger partial charge in [0.25, 0.3) is 0 Å². The molecule has 0 fully saturated rings. The lowest BCUT2D eigenvalue weighted by Gasteiger charge is -2.05. The predicted molar refractivity (Wildman–Crippen MR) is 64.9 cm³/mol. The molecule has 1 aromatic heterocycles. The molecule has 2 amide bonds. The van der Waals surface area contributed by atoms with E-state index in [1.807, 2.05) is 5.32 Å². The molecule has 0 aliphatic heterocycles. The number of carbonyl (C=O) groups is 2. The zero-order chi connectivity index (χ0) is 14.7. The molecule has 20 heavy (non-hydrogen) atoms. The van der Waals surface area contributed by atoms with Crippen molar-refractivity contribution < 1.29 is 22.9 Å². The lowest BCUT2D eigenvalue weighted by Crippen LogP contribution is -2.29. The van der Waals surface area contributed by atoms with Gasteiger partial charge in [0.15, 0.2) is 5.82 Å². The zero-order valence-corrected chi connectivity index (χ0v) is 10.2. The van der Waals surface area contributed by atoms with Gasteiger partial charge in [-0.05, 0) is 19.1 Å². The van der Waals surface area contributed by atoms with E-state index >= 15 is 0 Å². The van der Waals surface area contributed by atoms with E-state index in [0.29, 0.717) is 5.76 Å². The first-order valence-corrected chi connectivity index (χ1v) is 5.46. The van der Waals surface area contributed by atoms with E-state index in [9.17, 15) is 18.4 Å². The fourth-order valence-electron chi connectivity index (χ4n) is 1.37. The van der Waals surface area contributed by atoms with E-state index in [-0.39, 0.29) is 5.82 Å². The van der Waals surface area contributed by atoms with Crippen molar-refractivity contribution in [3.8, 4) is 0 Å². The summed E-state index contributed by atoms with van der Waals surface area (Å²) in [6.45, 7) is 1.60. The molecule has 6 nitrogen and oxygen atoms in total. The molecule has 0 aliphatic carbocycles. The third kappa shape index (κ3) is 3.16. The molecule has 0 saturated carbocycles. The second kappa shape index (κ2) is 5.47. The molecule has 2 N–H and O–H groups in total. The van der Waals surface area contributed by atoms with Crippen LogP contribution in [0.5, 0.6) is 0 Å². The second-order valence-electron chi connectivity index (χ2n) is 3.86. The molecule has 104 valence electrons. The number of halogens is 2. The zero-order valence-electron chi connectivity index (χ0n) is 10.2. The minimum Gasteiger partial charge on any atom is -0.360 e. The Labute approximate surface area is 111 Å². The molecule has 0 spiro atoms. The summed E-state index contributed by atoms with van der Waals surface area (Å²) in [5, 5.41) is 7.55. The number of anilines is 2. The fraction of sp³-hybridized carbons (Fsp3) is 0.0833. The summed E-state index contributed by atoms with van der Waals surface area (Å²) < 4.78 is 30.9. The maximum atomic E-state index is 13.3. The van der Waals surface area contributed by atoms with Crippen LogP contribution in [0.4, 0.5) is 20.3 Å². The van der Waals surface area contributed by atoms with Crippen LogP contribution in [-0.4, -0.2) is 17.0 Å². The molecule has 0 aliphatic rings. The Morgan fingerprint density at radius 1 is 1.15 bits per heavy atom. The number of hydrogen-bond donors (Lipinski definition) is 2. The van der Waals surface area contributed by atoms with E-state index < -0.39 is 29.1 Å². The van der Waals surface area contributed by atoms with Crippen molar-refractivity contribution in [3.05, 3.63) is 41.7 Å². The van der Waals surface area contributed by atoms with E-state index in [1.54, 1.807) is 6.92 Å². The molecule has 2 rings (SSSR count). The summed E-state index contributed by atoms with van der Waals surface area (Å²) in [7, 11) is 0. The largest absolute Gasteiger partial charge is 0.360 e. The maximum absolute atomic E-state index is 13.3. The number of rotatable bonds is 2. The van der Waals surface area contributed by atoms with Gasteiger partial charge in [-0.3, -0.25) is 14.9 Å². The molecule has 0 bridgehead atoms. The predicted octanol–water partition coefficient (Wildman–Crippen LogP) is 1.84. The highest BCUT2D eigenvalue weighted by molar-refractivity contribution is 6.43. The number of benzene rings is 1. The Morgan fingerprint density at radius 3 is 2.50 bits per heavy atom. The summed E-state index contributed by atoms with van der Waals surface area (Å²) in [6, 6.07) is 3.89. The van der Waals surface area contributed by atoms with Gasteiger partial charge in [-0.15, -0.1) is 0 Å². The van der Waals surface area contributed by atoms with Gasteiger partial charge in [-0.25, -0.2) is 8.78 Å². The van der Waals surface area contributed by atoms with E-state index in [1.165, 1.54) is 6.07 Å². The Kier molecular flexibility index (Phi) is 3.74. The van der Waals surface area contributed by atoms with Crippen molar-refractivity contribution in [2.24, 2.45) is 0 Å². The first-order chi connectivity index (χ1) is 9.45. The number of nitrogens with zero attached hydrogens (tertiary/aromatic N) is 1. The van der Waals surface area contributed by atoms with Crippen molar-refractivity contribution in [2.75, 3.05) is 10.6 Å². The van der Waals surface area contributed by atoms with Crippen LogP contribution >= 0.6 is 0 Å². The van der Waals surface area contributed by atoms with Crippen LogP contribution in [0.15, 0.2) is 28.8 Å². The van der Waals surface area contributed by atoms with Crippen molar-refractivity contribution >= 4 is 23.3 Å². The highest BCUT2D eigenvalue weighted by Gasteiger charge is 2.17. The highest BCUT2D eigenvalue weighted by atomic mass is 19.1. The number of aryl methyl sites for hydroxylation is 1. The van der Waals surface area contributed by atoms with Crippen molar-refractivity contribution in [1.29, 1.82) is 0 Å². The second-order valence-corrected chi connectivity index (χ2v) is 3.86. The van der Waals surface area contributed by atoms with E-state index in [2.05, 4.69) is 10.5 Å². The molecular weight excluding hydrogens is 272 g/mol. The van der Waals surface area contributed by atoms with Gasteiger partial charge in [-0.2, -0.15) is 0 Å². The first kappa shape index (κ1) is 13.7. The van der Waals surface area contributed by atoms with Crippen LogP contribution < -0.4 is 10.6 Å². The Hall–Kier alpha value is -2.77. The van der Waals surface area contributed by atoms with Crippen molar-refractivity contribution in [3.63, 3.8) is 0 Å². The smallest absolute Gasteiger partial charge is 0.315 e. The number of aromatic nitrogens is 1. The Balaban J connectivity index is 2.04. The van der Waals surface area contributed by atoms with Crippen LogP contribution in [0, 0.1) is 18.6 Å². The van der Waals surface area contributed by atoms with Gasteiger partial charge in [-0.1, -0.05) is 5.16 Å². The average Bonchev–Trinajstić information content (AvgIpc) is 2.79. The van der Waals surface area contributed by atoms with Crippen LogP contribution in [0.1, 0.15) is 5.76 Å². The minimum atomic E-state index is -1.16. The third-order valence-corrected chi connectivity index (χ3v) is 2.25. The van der Waals surface area contributed by atoms with Gasteiger partial charge in [0.05, 0.1) is 5.69 Å². The van der Waals surface area contributed by atoms with Gasteiger partial charge in [0.2, 0.25) is 0 Å². The van der Waals surface area contributed by atoms with E-state index in [0.717, 1.165) is 18.2 Å². The molecule has 1 heterocycles. The highest BCUT2D eigenvalue weighted by Crippen LogP contribution is 2.15. The molecule has 0 unspecified atom stereocenters. The summed E-state index contributed by atoms with van der Waals surface area (Å²) in [5.41, 5.74) is -0.429. The monoisotopic (exact) mass is 281 g/mol. The normalized spacial score (nSPS) is 10.2. The Morgan fingerprint density at radius 2 is 1.85 bits per heavy atom. The molecule has 0 atom stereocenters. The number of carbonyl (C=O) groups excluding carboxylic acids is 2. The Bertz CT molecular complexity index is 670. The standard InChI is InChI=1S/C12H9F2N3O3/c1-6-4-10(17-20-6)16-12(19)11(18)15-9-5-7(13)2-3-8(9)14/h2-5H,1H3,(H,15,18)(H,16,17,19). The summed E-state index contributed by atoms with van der Waals surface area (Å²) in [5.74, 6) is -3.35. The van der Waals surface area contributed by atoms with Crippen LogP contribution in [0.3, 0.4) is 0 Å². The molecule has 0 saturated heterocycles. The van der Waals surface area contributed by atoms with Crippen LogP contribution in [0.2, 0.25) is 0 Å². The van der Waals surface area contributed by atoms with Crippen molar-refractivity contribution in [1.82, 2.24) is 5.16 Å². The quantitative estimate of drug-likeness (QED) is 0.823. The topological polar surface area (TPSA) is 84.2 Å². The van der Waals surface area contributed by atoms with Crippen molar-refractivity contribution in [2.45, 2.75) is 6.92 Å². The summed E-state index contributed by atoms with van der Waals surface area (Å²) in [6.07, 6.45) is 0. The first-order valence-electron chi connectivity index (χ1n) is 5.46. The molecule has 2 aromatic rings. The summed E-state index contributed by atoms with van der Waals surface area (Å²) >= 11 is 0. The lowest BCUT2D eigenvalue weighted by atomic mass is 10.3. The van der Waals surface area contributed by atoms with Gasteiger partial charge in [0.1, 0.15) is 17.4 Å². The third-order valence-electron chi connectivity index (χ3n) is 2.25. The number of amides is 2. The van der Waals surface area contributed by atoms with Gasteiger partial charge in [0, 0.05) is 12.1 Å². The lowest BCUT2D eigenvalue weighted by molar-refractivity contribution is -0.133. The van der Waals surface area contributed by atoms with Gasteiger partial charge < -0.3 is 9.84 Å². The fourth-order valence-corrected chi connectivity index (χ4v) is 1.37. The molecule has 1 aromatic carbocycles.